The Morgan fingerprint density at radius 1 is 0.446 bits per heavy atom. The standard InChI is InChI=1S/C70H59BN2Si/c1-69(2)33-29-42(30-34-69)47-38-52-53-39-48(43-31-35-70(3,4)36-32-43)41-60-66(53)73-65(52)55(40-47)71-62-49-22-12-11-21-46(49)37-54-61(44-17-7-5-8-18-44)64(45-19-9-6-10-20-45)72(67(54)62)56-27-28-59(68(73)63(56)71)74(60)57-25-15-13-23-50(57)51-24-14-16-26-58(51)74/h5-28,37-43H,29-36H2,1-4H3. The third kappa shape index (κ3) is 5.33. The Labute approximate surface area is 435 Å². The van der Waals surface area contributed by atoms with Crippen molar-refractivity contribution in [3.8, 4) is 44.9 Å². The summed E-state index contributed by atoms with van der Waals surface area (Å²) < 4.78 is 5.64. The van der Waals surface area contributed by atoms with Gasteiger partial charge >= 0.3 is 0 Å². The lowest BCUT2D eigenvalue weighted by Gasteiger charge is -2.43. The van der Waals surface area contributed by atoms with Gasteiger partial charge in [-0.15, -0.1) is 0 Å². The second-order valence-corrected chi connectivity index (χ2v) is 28.7. The average molecular weight is 967 g/mol. The SMILES string of the molecule is CC1(C)CCC(c2cc3c4c(c2)c2cc(C5CCC(C)(C)CC5)cc5c2n4-c2c(ccc4c2B3c2c3ccccc3cc3c(-c6ccccc6)c(-c6ccccc6)n-4c23)[Si]52c3ccccc3-c3ccccc32)CC1. The van der Waals surface area contributed by atoms with Crippen molar-refractivity contribution in [2.24, 2.45) is 10.8 Å². The molecule has 74 heavy (non-hydrogen) atoms. The lowest BCUT2D eigenvalue weighted by Crippen LogP contribution is -2.77. The fourth-order valence-corrected chi connectivity index (χ4v) is 22.1. The number of nitrogens with zero attached hydrogens (tertiary/aromatic N) is 2. The maximum absolute atomic E-state index is 2.99. The highest BCUT2D eigenvalue weighted by Gasteiger charge is 2.56. The lowest BCUT2D eigenvalue weighted by atomic mass is 9.33. The van der Waals surface area contributed by atoms with Gasteiger partial charge in [0.1, 0.15) is 0 Å². The fraction of sp³-hybridized carbons (Fsp3) is 0.229. The minimum atomic E-state index is -2.99. The minimum Gasteiger partial charge on any atom is -0.310 e. The predicted octanol–water partition coefficient (Wildman–Crippen LogP) is 13.4. The summed E-state index contributed by atoms with van der Waals surface area (Å²) in [5, 5.41) is 13.3. The molecule has 0 bridgehead atoms. The van der Waals surface area contributed by atoms with Crippen LogP contribution in [0.2, 0.25) is 0 Å². The van der Waals surface area contributed by atoms with Crippen LogP contribution in [0, 0.1) is 10.8 Å². The van der Waals surface area contributed by atoms with Crippen LogP contribution in [-0.2, 0) is 0 Å². The third-order valence-corrected chi connectivity index (χ3v) is 25.0. The van der Waals surface area contributed by atoms with Crippen molar-refractivity contribution in [2.45, 2.75) is 90.9 Å². The monoisotopic (exact) mass is 966 g/mol. The van der Waals surface area contributed by atoms with Gasteiger partial charge in [0.05, 0.1) is 16.7 Å². The zero-order valence-corrected chi connectivity index (χ0v) is 44.0. The summed E-state index contributed by atoms with van der Waals surface area (Å²) >= 11 is 0. The highest BCUT2D eigenvalue weighted by molar-refractivity contribution is 7.24. The van der Waals surface area contributed by atoms with Gasteiger partial charge in [0.2, 0.25) is 0 Å². The van der Waals surface area contributed by atoms with Crippen LogP contribution >= 0.6 is 0 Å². The Bertz CT molecular complexity index is 4220. The smallest absolute Gasteiger partial charge is 0.253 e. The van der Waals surface area contributed by atoms with E-state index < -0.39 is 8.07 Å². The first-order chi connectivity index (χ1) is 36.2. The molecule has 2 aliphatic carbocycles. The Hall–Kier alpha value is -7.14. The molecule has 6 aliphatic rings. The van der Waals surface area contributed by atoms with Crippen LogP contribution < -0.4 is 37.1 Å². The maximum Gasteiger partial charge on any atom is 0.253 e. The highest BCUT2D eigenvalue weighted by atomic mass is 28.3. The first-order valence-electron chi connectivity index (χ1n) is 27.9. The van der Waals surface area contributed by atoms with E-state index in [4.69, 9.17) is 0 Å². The van der Waals surface area contributed by atoms with Crippen LogP contribution in [0.1, 0.15) is 102 Å². The van der Waals surface area contributed by atoms with Gasteiger partial charge in [-0.2, -0.15) is 0 Å². The molecule has 2 nitrogen and oxygen atoms in total. The molecular formula is C70H59BN2Si. The summed E-state index contributed by atoms with van der Waals surface area (Å²) in [5.41, 5.74) is 23.5. The Morgan fingerprint density at radius 2 is 1.01 bits per heavy atom. The van der Waals surface area contributed by atoms with Crippen LogP contribution in [0.3, 0.4) is 0 Å². The second-order valence-electron chi connectivity index (χ2n) is 25.1. The van der Waals surface area contributed by atoms with Gasteiger partial charge in [0.15, 0.2) is 8.07 Å². The highest BCUT2D eigenvalue weighted by Crippen LogP contribution is 2.50. The van der Waals surface area contributed by atoms with E-state index in [1.807, 2.05) is 0 Å². The lowest BCUT2D eigenvalue weighted by molar-refractivity contribution is 0.224. The van der Waals surface area contributed by atoms with Crippen molar-refractivity contribution in [3.63, 3.8) is 0 Å². The molecule has 2 saturated carbocycles. The Morgan fingerprint density at radius 3 is 1.68 bits per heavy atom. The first-order valence-corrected chi connectivity index (χ1v) is 29.9. The topological polar surface area (TPSA) is 9.86 Å². The van der Waals surface area contributed by atoms with Crippen molar-refractivity contribution in [2.75, 3.05) is 0 Å². The molecule has 6 heterocycles. The molecule has 9 aromatic carbocycles. The molecule has 11 aromatic rings. The van der Waals surface area contributed by atoms with E-state index in [0.717, 1.165) is 0 Å². The fourth-order valence-electron chi connectivity index (χ4n) is 16.5. The molecule has 2 aromatic heterocycles. The van der Waals surface area contributed by atoms with E-state index in [1.54, 1.807) is 31.9 Å². The third-order valence-electron chi connectivity index (χ3n) is 20.1. The van der Waals surface area contributed by atoms with E-state index >= 15 is 0 Å². The molecule has 0 radical (unpaired) electrons. The van der Waals surface area contributed by atoms with Crippen LogP contribution in [0.4, 0.5) is 0 Å². The number of fused-ring (bicyclic) bond motifs is 13. The minimum absolute atomic E-state index is 0.0297. The molecule has 0 atom stereocenters. The van der Waals surface area contributed by atoms with Gasteiger partial charge in [0.25, 0.3) is 6.71 Å². The van der Waals surface area contributed by atoms with Crippen molar-refractivity contribution in [1.29, 1.82) is 0 Å². The number of hydrogen-bond acceptors (Lipinski definition) is 0. The van der Waals surface area contributed by atoms with E-state index in [9.17, 15) is 0 Å². The molecular weight excluding hydrogens is 908 g/mol. The van der Waals surface area contributed by atoms with Gasteiger partial charge in [-0.25, -0.2) is 0 Å². The molecule has 356 valence electrons. The quantitative estimate of drug-likeness (QED) is 0.156. The zero-order chi connectivity index (χ0) is 49.0. The van der Waals surface area contributed by atoms with Crippen LogP contribution in [-0.4, -0.2) is 23.9 Å². The van der Waals surface area contributed by atoms with Gasteiger partial charge in [-0.05, 0) is 180 Å². The van der Waals surface area contributed by atoms with E-state index in [2.05, 4.69) is 213 Å². The molecule has 17 rings (SSSR count). The second kappa shape index (κ2) is 14.6. The van der Waals surface area contributed by atoms with Crippen molar-refractivity contribution in [3.05, 3.63) is 187 Å². The summed E-state index contributed by atoms with van der Waals surface area (Å²) in [5.74, 6) is 1.08. The molecule has 4 aliphatic heterocycles. The summed E-state index contributed by atoms with van der Waals surface area (Å²) in [6.07, 6.45) is 10.1. The summed E-state index contributed by atoms with van der Waals surface area (Å²) in [6.45, 7) is 10.0. The molecule has 2 fully saturated rings. The number of rotatable bonds is 4. The zero-order valence-electron chi connectivity index (χ0n) is 43.0. The van der Waals surface area contributed by atoms with Gasteiger partial charge < -0.3 is 9.13 Å². The largest absolute Gasteiger partial charge is 0.310 e. The van der Waals surface area contributed by atoms with E-state index in [1.165, 1.54) is 156 Å². The molecule has 0 N–H and O–H groups in total. The van der Waals surface area contributed by atoms with Gasteiger partial charge in [-0.3, -0.25) is 0 Å². The van der Waals surface area contributed by atoms with E-state index in [0.29, 0.717) is 22.7 Å². The van der Waals surface area contributed by atoms with Crippen molar-refractivity contribution >= 4 is 95.4 Å². The predicted molar refractivity (Wildman–Crippen MR) is 317 cm³/mol. The molecule has 4 heteroatoms. The maximum atomic E-state index is 2.89. The molecule has 0 saturated heterocycles. The number of benzene rings is 9. The molecule has 0 amide bonds. The van der Waals surface area contributed by atoms with E-state index in [-0.39, 0.29) is 6.71 Å². The Balaban J connectivity index is 1.10. The summed E-state index contributed by atoms with van der Waals surface area (Å²) in [7, 11) is -2.99. The van der Waals surface area contributed by atoms with Crippen molar-refractivity contribution < 1.29 is 0 Å². The van der Waals surface area contributed by atoms with Crippen molar-refractivity contribution in [1.82, 2.24) is 9.13 Å². The van der Waals surface area contributed by atoms with Gasteiger partial charge in [0, 0.05) is 38.6 Å². The van der Waals surface area contributed by atoms with Crippen LogP contribution in [0.25, 0.3) is 88.4 Å². The molecule has 1 spiro atoms. The average Bonchev–Trinajstić information content (AvgIpc) is 4.07. The molecule has 0 unspecified atom stereocenters. The van der Waals surface area contributed by atoms with Crippen LogP contribution in [0.5, 0.6) is 0 Å². The normalized spacial score (nSPS) is 18.3. The summed E-state index contributed by atoms with van der Waals surface area (Å²) in [6, 6.07) is 70.2. The van der Waals surface area contributed by atoms with Crippen LogP contribution in [0.15, 0.2) is 176 Å². The van der Waals surface area contributed by atoms with Gasteiger partial charge in [-0.1, -0.05) is 179 Å². The summed E-state index contributed by atoms with van der Waals surface area (Å²) in [4.78, 5) is 0. The first kappa shape index (κ1) is 42.2. The Kier molecular flexibility index (Phi) is 8.32. The number of hydrogen-bond donors (Lipinski definition) is 0. The number of aromatic nitrogens is 2.